The molecule has 0 saturated carbocycles. The SMILES string of the molecule is NC(CCCCNC(=O)CCOc1ccccc1)=NO. The van der Waals surface area contributed by atoms with Gasteiger partial charge in [0.05, 0.1) is 13.0 Å². The average molecular weight is 279 g/mol. The number of carbonyl (C=O) groups excluding carboxylic acids is 1. The van der Waals surface area contributed by atoms with Gasteiger partial charge >= 0.3 is 0 Å². The summed E-state index contributed by atoms with van der Waals surface area (Å²) in [4.78, 5) is 11.5. The smallest absolute Gasteiger partial charge is 0.223 e. The summed E-state index contributed by atoms with van der Waals surface area (Å²) in [7, 11) is 0. The summed E-state index contributed by atoms with van der Waals surface area (Å²) in [5, 5.41) is 14.0. The Labute approximate surface area is 118 Å². The van der Waals surface area contributed by atoms with E-state index in [1.54, 1.807) is 0 Å². The largest absolute Gasteiger partial charge is 0.493 e. The molecule has 20 heavy (non-hydrogen) atoms. The zero-order valence-electron chi connectivity index (χ0n) is 11.4. The van der Waals surface area contributed by atoms with Gasteiger partial charge in [0, 0.05) is 13.0 Å². The van der Waals surface area contributed by atoms with E-state index in [0.717, 1.165) is 18.6 Å². The topological polar surface area (TPSA) is 96.9 Å². The van der Waals surface area contributed by atoms with Crippen molar-refractivity contribution in [1.82, 2.24) is 5.32 Å². The van der Waals surface area contributed by atoms with Crippen LogP contribution in [-0.4, -0.2) is 30.1 Å². The van der Waals surface area contributed by atoms with Crippen LogP contribution in [0.3, 0.4) is 0 Å². The van der Waals surface area contributed by atoms with Crippen molar-refractivity contribution in [2.24, 2.45) is 10.9 Å². The highest BCUT2D eigenvalue weighted by molar-refractivity contribution is 5.79. The maximum Gasteiger partial charge on any atom is 0.223 e. The fraction of sp³-hybridized carbons (Fsp3) is 0.429. The monoisotopic (exact) mass is 279 g/mol. The summed E-state index contributed by atoms with van der Waals surface area (Å²) >= 11 is 0. The van der Waals surface area contributed by atoms with Gasteiger partial charge in [-0.1, -0.05) is 23.4 Å². The van der Waals surface area contributed by atoms with Gasteiger partial charge in [-0.05, 0) is 25.0 Å². The van der Waals surface area contributed by atoms with E-state index < -0.39 is 0 Å². The number of hydrogen-bond donors (Lipinski definition) is 3. The van der Waals surface area contributed by atoms with E-state index in [2.05, 4.69) is 10.5 Å². The number of nitrogens with zero attached hydrogens (tertiary/aromatic N) is 1. The predicted molar refractivity (Wildman–Crippen MR) is 76.8 cm³/mol. The number of amides is 1. The van der Waals surface area contributed by atoms with Crippen LogP contribution in [0.5, 0.6) is 5.75 Å². The zero-order chi connectivity index (χ0) is 14.6. The van der Waals surface area contributed by atoms with Crippen molar-refractivity contribution in [2.75, 3.05) is 13.2 Å². The quantitative estimate of drug-likeness (QED) is 0.210. The minimum absolute atomic E-state index is 0.0373. The normalized spacial score (nSPS) is 11.1. The van der Waals surface area contributed by atoms with Crippen molar-refractivity contribution in [1.29, 1.82) is 0 Å². The van der Waals surface area contributed by atoms with Gasteiger partial charge in [-0.15, -0.1) is 0 Å². The minimum atomic E-state index is -0.0373. The third-order valence-electron chi connectivity index (χ3n) is 2.65. The number of rotatable bonds is 9. The van der Waals surface area contributed by atoms with E-state index in [0.29, 0.717) is 26.0 Å². The second kappa shape index (κ2) is 9.66. The average Bonchev–Trinajstić information content (AvgIpc) is 2.47. The lowest BCUT2D eigenvalue weighted by atomic mass is 10.2. The Hall–Kier alpha value is -2.24. The molecule has 0 aliphatic rings. The summed E-state index contributed by atoms with van der Waals surface area (Å²) in [5.74, 6) is 0.941. The lowest BCUT2D eigenvalue weighted by Gasteiger charge is -2.07. The van der Waals surface area contributed by atoms with Crippen LogP contribution < -0.4 is 15.8 Å². The number of nitrogens with one attached hydrogen (secondary N) is 1. The van der Waals surface area contributed by atoms with Crippen LogP contribution in [0.15, 0.2) is 35.5 Å². The Kier molecular flexibility index (Phi) is 7.64. The van der Waals surface area contributed by atoms with Crippen LogP contribution in [0.4, 0.5) is 0 Å². The number of oxime groups is 1. The Morgan fingerprint density at radius 1 is 1.25 bits per heavy atom. The first-order chi connectivity index (χ1) is 9.72. The number of amidine groups is 1. The maximum absolute atomic E-state index is 11.5. The second-order valence-electron chi connectivity index (χ2n) is 4.31. The molecular weight excluding hydrogens is 258 g/mol. The van der Waals surface area contributed by atoms with Gasteiger partial charge in [0.2, 0.25) is 5.91 Å². The molecule has 4 N–H and O–H groups in total. The molecule has 0 aliphatic heterocycles. The van der Waals surface area contributed by atoms with Crippen LogP contribution in [-0.2, 0) is 4.79 Å². The van der Waals surface area contributed by atoms with Gasteiger partial charge in [-0.25, -0.2) is 0 Å². The molecule has 0 unspecified atom stereocenters. The van der Waals surface area contributed by atoms with Crippen LogP contribution in [0, 0.1) is 0 Å². The molecule has 0 saturated heterocycles. The van der Waals surface area contributed by atoms with E-state index in [1.807, 2.05) is 30.3 Å². The molecule has 1 aromatic carbocycles. The Morgan fingerprint density at radius 3 is 2.70 bits per heavy atom. The Morgan fingerprint density at radius 2 is 2.00 bits per heavy atom. The van der Waals surface area contributed by atoms with E-state index >= 15 is 0 Å². The lowest BCUT2D eigenvalue weighted by Crippen LogP contribution is -2.26. The molecule has 0 fully saturated rings. The summed E-state index contributed by atoms with van der Waals surface area (Å²) < 4.78 is 5.43. The Balaban J connectivity index is 2.01. The first-order valence-electron chi connectivity index (χ1n) is 6.63. The number of para-hydroxylation sites is 1. The van der Waals surface area contributed by atoms with Crippen molar-refractivity contribution >= 4 is 11.7 Å². The molecule has 0 radical (unpaired) electrons. The standard InChI is InChI=1S/C14H21N3O3/c15-13(17-19)8-4-5-10-16-14(18)9-11-20-12-6-2-1-3-7-12/h1-3,6-7,19H,4-5,8-11H2,(H2,15,17)(H,16,18). The van der Waals surface area contributed by atoms with E-state index in [1.165, 1.54) is 0 Å². The van der Waals surface area contributed by atoms with Crippen molar-refractivity contribution in [3.8, 4) is 5.75 Å². The van der Waals surface area contributed by atoms with Crippen molar-refractivity contribution in [3.63, 3.8) is 0 Å². The number of nitrogens with two attached hydrogens (primary N) is 1. The lowest BCUT2D eigenvalue weighted by molar-refractivity contribution is -0.121. The molecular formula is C14H21N3O3. The summed E-state index contributed by atoms with van der Waals surface area (Å²) in [6.07, 6.45) is 2.43. The fourth-order valence-corrected chi connectivity index (χ4v) is 1.58. The third-order valence-corrected chi connectivity index (χ3v) is 2.65. The molecule has 1 aromatic rings. The summed E-state index contributed by atoms with van der Waals surface area (Å²) in [5.41, 5.74) is 5.33. The maximum atomic E-state index is 11.5. The second-order valence-corrected chi connectivity index (χ2v) is 4.31. The number of carbonyl (C=O) groups is 1. The van der Waals surface area contributed by atoms with Crippen molar-refractivity contribution in [2.45, 2.75) is 25.7 Å². The molecule has 0 aromatic heterocycles. The number of benzene rings is 1. The molecule has 6 nitrogen and oxygen atoms in total. The first-order valence-corrected chi connectivity index (χ1v) is 6.63. The highest BCUT2D eigenvalue weighted by Gasteiger charge is 2.01. The molecule has 0 spiro atoms. The predicted octanol–water partition coefficient (Wildman–Crippen LogP) is 1.49. The van der Waals surface area contributed by atoms with Gasteiger partial charge in [0.1, 0.15) is 11.6 Å². The van der Waals surface area contributed by atoms with E-state index in [9.17, 15) is 4.79 Å². The molecule has 0 aliphatic carbocycles. The fourth-order valence-electron chi connectivity index (χ4n) is 1.58. The van der Waals surface area contributed by atoms with Crippen molar-refractivity contribution < 1.29 is 14.7 Å². The molecule has 0 atom stereocenters. The van der Waals surface area contributed by atoms with E-state index in [4.69, 9.17) is 15.7 Å². The molecule has 1 amide bonds. The molecule has 0 bridgehead atoms. The molecule has 0 heterocycles. The van der Waals surface area contributed by atoms with Crippen LogP contribution >= 0.6 is 0 Å². The number of unbranched alkanes of at least 4 members (excludes halogenated alkanes) is 1. The van der Waals surface area contributed by atoms with Gasteiger partial charge in [-0.3, -0.25) is 4.79 Å². The highest BCUT2D eigenvalue weighted by atomic mass is 16.5. The Bertz CT molecular complexity index is 421. The van der Waals surface area contributed by atoms with Gasteiger partial charge < -0.3 is 21.0 Å². The van der Waals surface area contributed by atoms with Gasteiger partial charge in [0.25, 0.3) is 0 Å². The number of hydrogen-bond acceptors (Lipinski definition) is 4. The summed E-state index contributed by atoms with van der Waals surface area (Å²) in [6, 6.07) is 9.39. The van der Waals surface area contributed by atoms with Crippen LogP contribution in [0.2, 0.25) is 0 Å². The number of ether oxygens (including phenoxy) is 1. The molecule has 6 heteroatoms. The van der Waals surface area contributed by atoms with Gasteiger partial charge in [-0.2, -0.15) is 0 Å². The van der Waals surface area contributed by atoms with Gasteiger partial charge in [0.15, 0.2) is 0 Å². The summed E-state index contributed by atoms with van der Waals surface area (Å²) in [6.45, 7) is 0.947. The van der Waals surface area contributed by atoms with Crippen molar-refractivity contribution in [3.05, 3.63) is 30.3 Å². The first kappa shape index (κ1) is 15.8. The highest BCUT2D eigenvalue weighted by Crippen LogP contribution is 2.08. The molecule has 110 valence electrons. The van der Waals surface area contributed by atoms with E-state index in [-0.39, 0.29) is 11.7 Å². The minimum Gasteiger partial charge on any atom is -0.493 e. The van der Waals surface area contributed by atoms with Crippen LogP contribution in [0.25, 0.3) is 0 Å². The van der Waals surface area contributed by atoms with Crippen LogP contribution in [0.1, 0.15) is 25.7 Å². The zero-order valence-corrected chi connectivity index (χ0v) is 11.4. The molecule has 1 rings (SSSR count). The third kappa shape index (κ3) is 7.25.